The maximum Gasteiger partial charge on any atom is 0.321 e. The van der Waals surface area contributed by atoms with Crippen LogP contribution in [0.15, 0.2) is 23.1 Å². The number of nitrogens with one attached hydrogen (secondary N) is 1. The van der Waals surface area contributed by atoms with Gasteiger partial charge in [-0.1, -0.05) is 0 Å². The van der Waals surface area contributed by atoms with Crippen LogP contribution in [0.2, 0.25) is 0 Å². The van der Waals surface area contributed by atoms with Gasteiger partial charge in [0.25, 0.3) is 10.2 Å². The highest BCUT2D eigenvalue weighted by atomic mass is 32.2. The molecule has 0 saturated carbocycles. The third-order valence-electron chi connectivity index (χ3n) is 3.22. The van der Waals surface area contributed by atoms with E-state index in [0.717, 1.165) is 4.31 Å². The number of aryl methyl sites for hydroxylation is 1. The second kappa shape index (κ2) is 5.84. The number of urea groups is 1. The lowest BCUT2D eigenvalue weighted by Gasteiger charge is -2.32. The summed E-state index contributed by atoms with van der Waals surface area (Å²) in [7, 11) is -2.12. The van der Waals surface area contributed by atoms with E-state index >= 15 is 0 Å². The van der Waals surface area contributed by atoms with E-state index in [-0.39, 0.29) is 37.8 Å². The highest BCUT2D eigenvalue weighted by molar-refractivity contribution is 7.86. The molecule has 1 aromatic heterocycles. The van der Waals surface area contributed by atoms with Gasteiger partial charge in [0.05, 0.1) is 5.69 Å². The lowest BCUT2D eigenvalue weighted by Crippen LogP contribution is -2.53. The molecule has 0 atom stereocenters. The van der Waals surface area contributed by atoms with Gasteiger partial charge in [0.2, 0.25) is 5.56 Å². The number of carbonyl (C=O) groups excluding carboxylic acids is 1. The van der Waals surface area contributed by atoms with Crippen LogP contribution < -0.4 is 16.0 Å². The Kier molecular flexibility index (Phi) is 4.30. The number of hydrogen-bond donors (Lipinski definition) is 2. The molecule has 1 saturated heterocycles. The number of hydrogen-bond acceptors (Lipinski definition) is 4. The van der Waals surface area contributed by atoms with Crippen molar-refractivity contribution in [1.29, 1.82) is 0 Å². The van der Waals surface area contributed by atoms with Gasteiger partial charge in [-0.15, -0.1) is 0 Å². The van der Waals surface area contributed by atoms with Crippen molar-refractivity contribution in [2.45, 2.75) is 0 Å². The minimum atomic E-state index is -3.71. The number of nitrogens with zero attached hydrogens (tertiary/aromatic N) is 3. The maximum absolute atomic E-state index is 12.0. The van der Waals surface area contributed by atoms with Gasteiger partial charge in [0.15, 0.2) is 0 Å². The summed E-state index contributed by atoms with van der Waals surface area (Å²) in [5.41, 5.74) is 0.325. The first-order valence-electron chi connectivity index (χ1n) is 6.28. The summed E-state index contributed by atoms with van der Waals surface area (Å²) in [6.07, 6.45) is 1.51. The van der Waals surface area contributed by atoms with Gasteiger partial charge in [-0.05, 0) is 6.07 Å². The third kappa shape index (κ3) is 3.80. The lowest BCUT2D eigenvalue weighted by atomic mass is 10.3. The Labute approximate surface area is 122 Å². The average molecular weight is 315 g/mol. The largest absolute Gasteiger partial charge is 0.322 e. The molecule has 21 heavy (non-hydrogen) atoms. The Morgan fingerprint density at radius 1 is 1.24 bits per heavy atom. The van der Waals surface area contributed by atoms with Gasteiger partial charge in [-0.3, -0.25) is 4.79 Å². The Morgan fingerprint density at radius 2 is 1.86 bits per heavy atom. The zero-order valence-electron chi connectivity index (χ0n) is 11.5. The molecular formula is C11H17N5O4S. The van der Waals surface area contributed by atoms with E-state index in [2.05, 4.69) is 5.32 Å². The Morgan fingerprint density at radius 3 is 2.38 bits per heavy atom. The first-order valence-corrected chi connectivity index (χ1v) is 7.78. The summed E-state index contributed by atoms with van der Waals surface area (Å²) in [4.78, 5) is 24.8. The maximum atomic E-state index is 12.0. The quantitative estimate of drug-likeness (QED) is 0.708. The fourth-order valence-corrected chi connectivity index (χ4v) is 2.69. The predicted molar refractivity (Wildman–Crippen MR) is 77.0 cm³/mol. The second-order valence-electron chi connectivity index (χ2n) is 4.73. The molecular weight excluding hydrogens is 298 g/mol. The van der Waals surface area contributed by atoms with E-state index in [4.69, 9.17) is 5.14 Å². The number of nitrogens with two attached hydrogens (primary N) is 1. The lowest BCUT2D eigenvalue weighted by molar-refractivity contribution is 0.184. The molecule has 1 aliphatic rings. The molecule has 2 amide bonds. The molecule has 1 aromatic rings. The van der Waals surface area contributed by atoms with Gasteiger partial charge in [-0.2, -0.15) is 12.7 Å². The SMILES string of the molecule is Cn1cc(NC(=O)N2CCN(S(N)(=O)=O)CC2)ccc1=O. The van der Waals surface area contributed by atoms with Gasteiger partial charge < -0.3 is 14.8 Å². The Balaban J connectivity index is 1.96. The number of amides is 2. The van der Waals surface area contributed by atoms with Crippen LogP contribution in [0.25, 0.3) is 0 Å². The van der Waals surface area contributed by atoms with Crippen molar-refractivity contribution in [3.05, 3.63) is 28.7 Å². The van der Waals surface area contributed by atoms with Crippen molar-refractivity contribution in [3.8, 4) is 0 Å². The van der Waals surface area contributed by atoms with Crippen LogP contribution in [0.5, 0.6) is 0 Å². The van der Waals surface area contributed by atoms with Crippen molar-refractivity contribution in [2.75, 3.05) is 31.5 Å². The molecule has 0 aliphatic carbocycles. The fraction of sp³-hybridized carbons (Fsp3) is 0.455. The Hall–Kier alpha value is -1.91. The number of aromatic nitrogens is 1. The molecule has 0 aromatic carbocycles. The number of pyridine rings is 1. The summed E-state index contributed by atoms with van der Waals surface area (Å²) in [5.74, 6) is 0. The van der Waals surface area contributed by atoms with E-state index < -0.39 is 10.2 Å². The van der Waals surface area contributed by atoms with Gasteiger partial charge in [0, 0.05) is 45.5 Å². The highest BCUT2D eigenvalue weighted by Crippen LogP contribution is 2.08. The number of rotatable bonds is 2. The van der Waals surface area contributed by atoms with Crippen LogP contribution in [0.4, 0.5) is 10.5 Å². The summed E-state index contributed by atoms with van der Waals surface area (Å²) in [5, 5.41) is 7.69. The van der Waals surface area contributed by atoms with E-state index in [1.54, 1.807) is 7.05 Å². The van der Waals surface area contributed by atoms with Crippen molar-refractivity contribution >= 4 is 21.9 Å². The first kappa shape index (κ1) is 15.5. The molecule has 116 valence electrons. The van der Waals surface area contributed by atoms with Crippen molar-refractivity contribution < 1.29 is 13.2 Å². The smallest absolute Gasteiger partial charge is 0.321 e. The molecule has 0 bridgehead atoms. The minimum Gasteiger partial charge on any atom is -0.322 e. The molecule has 3 N–H and O–H groups in total. The fourth-order valence-electron chi connectivity index (χ4n) is 2.02. The summed E-state index contributed by atoms with van der Waals surface area (Å²) in [6, 6.07) is 2.53. The van der Waals surface area contributed by atoms with E-state index in [1.807, 2.05) is 0 Å². The number of anilines is 1. The highest BCUT2D eigenvalue weighted by Gasteiger charge is 2.26. The van der Waals surface area contributed by atoms with E-state index in [9.17, 15) is 18.0 Å². The summed E-state index contributed by atoms with van der Waals surface area (Å²) in [6.45, 7) is 0.848. The molecule has 2 rings (SSSR count). The molecule has 0 unspecified atom stereocenters. The zero-order valence-corrected chi connectivity index (χ0v) is 12.3. The van der Waals surface area contributed by atoms with Crippen LogP contribution in [0.1, 0.15) is 0 Å². The standard InChI is InChI=1S/C11H17N5O4S/c1-14-8-9(2-3-10(14)17)13-11(18)15-4-6-16(7-5-15)21(12,19)20/h2-3,8H,4-7H2,1H3,(H,13,18)(H2,12,19,20). The minimum absolute atomic E-state index is 0.166. The first-order chi connectivity index (χ1) is 9.77. The Bertz CT molecular complexity index is 691. The monoisotopic (exact) mass is 315 g/mol. The number of piperazine rings is 1. The van der Waals surface area contributed by atoms with E-state index in [0.29, 0.717) is 5.69 Å². The van der Waals surface area contributed by atoms with Crippen LogP contribution in [0.3, 0.4) is 0 Å². The third-order valence-corrected chi connectivity index (χ3v) is 4.31. The summed E-state index contributed by atoms with van der Waals surface area (Å²) >= 11 is 0. The van der Waals surface area contributed by atoms with Gasteiger partial charge in [0.1, 0.15) is 0 Å². The zero-order chi connectivity index (χ0) is 15.6. The van der Waals surface area contributed by atoms with Gasteiger partial charge in [-0.25, -0.2) is 9.93 Å². The van der Waals surface area contributed by atoms with Crippen molar-refractivity contribution in [3.63, 3.8) is 0 Å². The van der Waals surface area contributed by atoms with E-state index in [1.165, 1.54) is 27.8 Å². The molecule has 2 heterocycles. The molecule has 0 spiro atoms. The average Bonchev–Trinajstić information content (AvgIpc) is 2.42. The molecule has 9 nitrogen and oxygen atoms in total. The van der Waals surface area contributed by atoms with Crippen LogP contribution in [-0.2, 0) is 17.3 Å². The molecule has 1 fully saturated rings. The molecule has 10 heteroatoms. The number of carbonyl (C=O) groups is 1. The summed E-state index contributed by atoms with van der Waals surface area (Å²) < 4.78 is 24.8. The van der Waals surface area contributed by atoms with Crippen LogP contribution >= 0.6 is 0 Å². The van der Waals surface area contributed by atoms with Gasteiger partial charge >= 0.3 is 6.03 Å². The van der Waals surface area contributed by atoms with Crippen molar-refractivity contribution in [2.24, 2.45) is 12.2 Å². The normalized spacial score (nSPS) is 16.8. The van der Waals surface area contributed by atoms with Crippen molar-refractivity contribution in [1.82, 2.24) is 13.8 Å². The molecule has 1 aliphatic heterocycles. The van der Waals surface area contributed by atoms with Crippen LogP contribution in [-0.4, -0.2) is 54.4 Å². The second-order valence-corrected chi connectivity index (χ2v) is 6.27. The van der Waals surface area contributed by atoms with Crippen LogP contribution in [0, 0.1) is 0 Å². The topological polar surface area (TPSA) is 118 Å². The predicted octanol–water partition coefficient (Wildman–Crippen LogP) is -1.26. The molecule has 0 radical (unpaired) electrons.